The molecule has 1 aromatic carbocycles. The normalized spacial score (nSPS) is 12.2. The second kappa shape index (κ2) is 7.96. The van der Waals surface area contributed by atoms with Crippen LogP contribution in [0.15, 0.2) is 24.3 Å². The van der Waals surface area contributed by atoms with Crippen LogP contribution < -0.4 is 14.8 Å². The smallest absolute Gasteiger partial charge is 0.122 e. The summed E-state index contributed by atoms with van der Waals surface area (Å²) in [6.45, 7) is 2.95. The highest BCUT2D eigenvalue weighted by Crippen LogP contribution is 2.19. The lowest BCUT2D eigenvalue weighted by atomic mass is 10.1. The monoisotopic (exact) mass is 237 g/mol. The minimum atomic E-state index is 0.601. The average Bonchev–Trinajstić information content (AvgIpc) is 2.39. The molecular weight excluding hydrogens is 214 g/mol. The van der Waals surface area contributed by atoms with E-state index >= 15 is 0 Å². The number of methoxy groups -OCH3 is 1. The van der Waals surface area contributed by atoms with E-state index in [1.165, 1.54) is 0 Å². The topological polar surface area (TPSA) is 30.5 Å². The number of rotatable bonds is 8. The maximum atomic E-state index is 5.68. The van der Waals surface area contributed by atoms with Crippen LogP contribution >= 0.6 is 0 Å². The predicted molar refractivity (Wildman–Crippen MR) is 70.9 cm³/mol. The molecule has 0 aromatic heterocycles. The van der Waals surface area contributed by atoms with Crippen LogP contribution in [-0.4, -0.2) is 26.8 Å². The first-order chi connectivity index (χ1) is 8.30. The van der Waals surface area contributed by atoms with Crippen LogP contribution in [0.3, 0.4) is 0 Å². The summed E-state index contributed by atoms with van der Waals surface area (Å²) in [4.78, 5) is 0. The highest BCUT2D eigenvalue weighted by atomic mass is 16.5. The summed E-state index contributed by atoms with van der Waals surface area (Å²) in [6, 6.07) is 8.33. The Morgan fingerprint density at radius 2 is 2.06 bits per heavy atom. The van der Waals surface area contributed by atoms with Crippen LogP contribution in [0, 0.1) is 0 Å². The second-order valence-corrected chi connectivity index (χ2v) is 4.06. The summed E-state index contributed by atoms with van der Waals surface area (Å²) in [6.07, 6.45) is 3.38. The van der Waals surface area contributed by atoms with Gasteiger partial charge in [0.1, 0.15) is 11.5 Å². The molecule has 0 bridgehead atoms. The van der Waals surface area contributed by atoms with Gasteiger partial charge in [-0.3, -0.25) is 0 Å². The lowest BCUT2D eigenvalue weighted by Crippen LogP contribution is -2.24. The first-order valence-corrected chi connectivity index (χ1v) is 6.24. The lowest BCUT2D eigenvalue weighted by molar-refractivity contribution is 0.294. The van der Waals surface area contributed by atoms with E-state index in [2.05, 4.69) is 12.2 Å². The van der Waals surface area contributed by atoms with Gasteiger partial charge in [-0.05, 0) is 38.4 Å². The van der Waals surface area contributed by atoms with E-state index in [-0.39, 0.29) is 0 Å². The van der Waals surface area contributed by atoms with Gasteiger partial charge in [-0.15, -0.1) is 0 Å². The highest BCUT2D eigenvalue weighted by Gasteiger charge is 2.02. The van der Waals surface area contributed by atoms with Crippen molar-refractivity contribution in [2.45, 2.75) is 32.2 Å². The SMILES string of the molecule is CCC(CCCOc1cccc(OC)c1)NC. The maximum Gasteiger partial charge on any atom is 0.122 e. The third kappa shape index (κ3) is 5.09. The van der Waals surface area contributed by atoms with E-state index in [9.17, 15) is 0 Å². The fourth-order valence-electron chi connectivity index (χ4n) is 1.76. The molecule has 0 fully saturated rings. The third-order valence-electron chi connectivity index (χ3n) is 2.91. The number of hydrogen-bond acceptors (Lipinski definition) is 3. The highest BCUT2D eigenvalue weighted by molar-refractivity contribution is 5.32. The maximum absolute atomic E-state index is 5.68. The van der Waals surface area contributed by atoms with Gasteiger partial charge in [0.05, 0.1) is 13.7 Å². The van der Waals surface area contributed by atoms with E-state index in [1.807, 2.05) is 31.3 Å². The Labute approximate surface area is 104 Å². The Kier molecular flexibility index (Phi) is 6.48. The first-order valence-electron chi connectivity index (χ1n) is 6.24. The molecule has 3 nitrogen and oxygen atoms in total. The van der Waals surface area contributed by atoms with Crippen molar-refractivity contribution in [2.75, 3.05) is 20.8 Å². The zero-order valence-electron chi connectivity index (χ0n) is 11.0. The molecule has 17 heavy (non-hydrogen) atoms. The molecular formula is C14H23NO2. The summed E-state index contributed by atoms with van der Waals surface area (Å²) in [7, 11) is 3.68. The fraction of sp³-hybridized carbons (Fsp3) is 0.571. The van der Waals surface area contributed by atoms with Crippen LogP contribution in [0.2, 0.25) is 0 Å². The molecule has 0 heterocycles. The molecule has 0 spiro atoms. The van der Waals surface area contributed by atoms with Gasteiger partial charge in [0.2, 0.25) is 0 Å². The van der Waals surface area contributed by atoms with Crippen molar-refractivity contribution >= 4 is 0 Å². The van der Waals surface area contributed by atoms with Crippen molar-refractivity contribution in [3.63, 3.8) is 0 Å². The number of ether oxygens (including phenoxy) is 2. The molecule has 0 amide bonds. The van der Waals surface area contributed by atoms with Gasteiger partial charge in [0, 0.05) is 12.1 Å². The number of nitrogens with one attached hydrogen (secondary N) is 1. The van der Waals surface area contributed by atoms with Gasteiger partial charge in [-0.25, -0.2) is 0 Å². The Bertz CT molecular complexity index is 311. The standard InChI is InChI=1S/C14H23NO2/c1-4-12(15-2)7-6-10-17-14-9-5-8-13(11-14)16-3/h5,8-9,11-12,15H,4,6-7,10H2,1-3H3. The Hall–Kier alpha value is -1.22. The number of benzene rings is 1. The average molecular weight is 237 g/mol. The Morgan fingerprint density at radius 1 is 1.29 bits per heavy atom. The summed E-state index contributed by atoms with van der Waals surface area (Å²) in [5.41, 5.74) is 0. The second-order valence-electron chi connectivity index (χ2n) is 4.06. The summed E-state index contributed by atoms with van der Waals surface area (Å²) in [5.74, 6) is 1.71. The summed E-state index contributed by atoms with van der Waals surface area (Å²) >= 11 is 0. The molecule has 1 unspecified atom stereocenters. The van der Waals surface area contributed by atoms with Crippen LogP contribution in [0.25, 0.3) is 0 Å². The predicted octanol–water partition coefficient (Wildman–Crippen LogP) is 2.85. The van der Waals surface area contributed by atoms with E-state index in [4.69, 9.17) is 9.47 Å². The molecule has 1 N–H and O–H groups in total. The summed E-state index contributed by atoms with van der Waals surface area (Å²) in [5, 5.41) is 3.29. The minimum Gasteiger partial charge on any atom is -0.497 e. The molecule has 1 rings (SSSR count). The van der Waals surface area contributed by atoms with E-state index in [1.54, 1.807) is 7.11 Å². The summed E-state index contributed by atoms with van der Waals surface area (Å²) < 4.78 is 10.8. The van der Waals surface area contributed by atoms with Gasteiger partial charge in [0.15, 0.2) is 0 Å². The Balaban J connectivity index is 2.26. The van der Waals surface area contributed by atoms with Gasteiger partial charge in [-0.2, -0.15) is 0 Å². The molecule has 1 atom stereocenters. The van der Waals surface area contributed by atoms with E-state index < -0.39 is 0 Å². The van der Waals surface area contributed by atoms with E-state index in [0.717, 1.165) is 37.4 Å². The third-order valence-corrected chi connectivity index (χ3v) is 2.91. The molecule has 0 aliphatic carbocycles. The zero-order valence-corrected chi connectivity index (χ0v) is 11.0. The lowest BCUT2D eigenvalue weighted by Gasteiger charge is -2.13. The Morgan fingerprint density at radius 3 is 2.71 bits per heavy atom. The van der Waals surface area contributed by atoms with Crippen molar-refractivity contribution in [3.05, 3.63) is 24.3 Å². The van der Waals surface area contributed by atoms with Gasteiger partial charge >= 0.3 is 0 Å². The molecule has 1 aromatic rings. The molecule has 96 valence electrons. The van der Waals surface area contributed by atoms with Crippen molar-refractivity contribution in [2.24, 2.45) is 0 Å². The van der Waals surface area contributed by atoms with Crippen molar-refractivity contribution < 1.29 is 9.47 Å². The molecule has 0 aliphatic rings. The van der Waals surface area contributed by atoms with Crippen LogP contribution in [0.1, 0.15) is 26.2 Å². The van der Waals surface area contributed by atoms with Crippen LogP contribution in [-0.2, 0) is 0 Å². The van der Waals surface area contributed by atoms with Crippen molar-refractivity contribution in [1.29, 1.82) is 0 Å². The van der Waals surface area contributed by atoms with Crippen LogP contribution in [0.4, 0.5) is 0 Å². The minimum absolute atomic E-state index is 0.601. The fourth-order valence-corrected chi connectivity index (χ4v) is 1.76. The molecule has 0 saturated heterocycles. The molecule has 0 radical (unpaired) electrons. The van der Waals surface area contributed by atoms with E-state index in [0.29, 0.717) is 6.04 Å². The molecule has 3 heteroatoms. The van der Waals surface area contributed by atoms with Crippen molar-refractivity contribution in [3.8, 4) is 11.5 Å². The number of hydrogen-bond donors (Lipinski definition) is 1. The zero-order chi connectivity index (χ0) is 12.5. The van der Waals surface area contributed by atoms with Gasteiger partial charge in [0.25, 0.3) is 0 Å². The van der Waals surface area contributed by atoms with Crippen LogP contribution in [0.5, 0.6) is 11.5 Å². The largest absolute Gasteiger partial charge is 0.497 e. The van der Waals surface area contributed by atoms with Gasteiger partial charge in [-0.1, -0.05) is 13.0 Å². The van der Waals surface area contributed by atoms with Gasteiger partial charge < -0.3 is 14.8 Å². The quantitative estimate of drug-likeness (QED) is 0.705. The van der Waals surface area contributed by atoms with Crippen molar-refractivity contribution in [1.82, 2.24) is 5.32 Å². The molecule has 0 aliphatic heterocycles. The molecule has 0 saturated carbocycles. The first kappa shape index (κ1) is 13.8.